The number of halogens is 5. The zero-order valence-corrected chi connectivity index (χ0v) is 9.62. The summed E-state index contributed by atoms with van der Waals surface area (Å²) < 4.78 is 49.2. The molecule has 88 valence electrons. The Morgan fingerprint density at radius 1 is 1.38 bits per heavy atom. The van der Waals surface area contributed by atoms with E-state index in [2.05, 4.69) is 15.9 Å². The van der Waals surface area contributed by atoms with Crippen molar-refractivity contribution in [3.05, 3.63) is 32.5 Å². The van der Waals surface area contributed by atoms with E-state index in [0.29, 0.717) is 0 Å². The molecule has 0 saturated carbocycles. The smallest absolute Gasteiger partial charge is 0.258 e. The van der Waals surface area contributed by atoms with Gasteiger partial charge in [-0.2, -0.15) is 13.2 Å². The van der Waals surface area contributed by atoms with E-state index in [4.69, 9.17) is 0 Å². The summed E-state index contributed by atoms with van der Waals surface area (Å²) in [6, 6.07) is 1.55. The lowest BCUT2D eigenvalue weighted by atomic mass is 10.3. The van der Waals surface area contributed by atoms with Gasteiger partial charge in [0.15, 0.2) is 0 Å². The zero-order valence-electron chi connectivity index (χ0n) is 7.22. The van der Waals surface area contributed by atoms with Crippen molar-refractivity contribution < 1.29 is 22.5 Å². The normalized spacial score (nSPS) is 11.6. The maximum Gasteiger partial charge on any atom is 0.446 e. The van der Waals surface area contributed by atoms with E-state index in [0.717, 1.165) is 12.1 Å². The average Bonchev–Trinajstić information content (AvgIpc) is 2.07. The van der Waals surface area contributed by atoms with Crippen molar-refractivity contribution in [2.24, 2.45) is 0 Å². The molecule has 0 saturated heterocycles. The quantitative estimate of drug-likeness (QED) is 0.356. The highest BCUT2D eigenvalue weighted by Gasteiger charge is 2.35. The molecule has 0 aliphatic heterocycles. The lowest BCUT2D eigenvalue weighted by molar-refractivity contribution is -0.388. The molecule has 1 aromatic carbocycles. The molecule has 1 rings (SSSR count). The first kappa shape index (κ1) is 13.2. The van der Waals surface area contributed by atoms with Crippen LogP contribution in [0.15, 0.2) is 21.5 Å². The highest BCUT2D eigenvalue weighted by molar-refractivity contribution is 9.10. The van der Waals surface area contributed by atoms with Crippen LogP contribution in [-0.2, 0) is 0 Å². The molecule has 1 aromatic rings. The lowest BCUT2D eigenvalue weighted by Crippen LogP contribution is -2.03. The summed E-state index contributed by atoms with van der Waals surface area (Å²) in [5.41, 5.74) is -5.70. The summed E-state index contributed by atoms with van der Waals surface area (Å²) in [6.45, 7) is 0. The number of rotatable bonds is 2. The Bertz CT molecular complexity index is 437. The maximum absolute atomic E-state index is 13.1. The van der Waals surface area contributed by atoms with Crippen LogP contribution in [0.5, 0.6) is 0 Å². The molecular weight excluding hydrogens is 318 g/mol. The number of thioether (sulfide) groups is 1. The van der Waals surface area contributed by atoms with E-state index >= 15 is 0 Å². The highest BCUT2D eigenvalue weighted by Crippen LogP contribution is 2.43. The molecule has 0 aromatic heterocycles. The Morgan fingerprint density at radius 3 is 2.38 bits per heavy atom. The minimum Gasteiger partial charge on any atom is -0.258 e. The average molecular weight is 320 g/mol. The zero-order chi connectivity index (χ0) is 12.5. The van der Waals surface area contributed by atoms with Crippen molar-refractivity contribution in [2.45, 2.75) is 10.4 Å². The monoisotopic (exact) mass is 319 g/mol. The van der Waals surface area contributed by atoms with Crippen LogP contribution in [-0.4, -0.2) is 10.4 Å². The van der Waals surface area contributed by atoms with Gasteiger partial charge in [-0.3, -0.25) is 10.1 Å². The van der Waals surface area contributed by atoms with E-state index in [9.17, 15) is 27.7 Å². The van der Waals surface area contributed by atoms with Crippen molar-refractivity contribution in [2.75, 3.05) is 0 Å². The second-order valence-corrected chi connectivity index (χ2v) is 4.53. The van der Waals surface area contributed by atoms with Gasteiger partial charge in [-0.15, -0.1) is 0 Å². The molecule has 0 bridgehead atoms. The van der Waals surface area contributed by atoms with Crippen molar-refractivity contribution in [3.8, 4) is 0 Å². The molecule has 0 atom stereocenters. The summed E-state index contributed by atoms with van der Waals surface area (Å²) in [5.74, 6) is -1.29. The predicted molar refractivity (Wildman–Crippen MR) is 52.7 cm³/mol. The minimum atomic E-state index is -4.78. The number of nitrogens with zero attached hydrogens (tertiary/aromatic N) is 1. The first-order valence-corrected chi connectivity index (χ1v) is 5.21. The molecule has 16 heavy (non-hydrogen) atoms. The first-order chi connectivity index (χ1) is 7.20. The number of hydrogen-bond donors (Lipinski definition) is 0. The van der Waals surface area contributed by atoms with Crippen molar-refractivity contribution in [1.29, 1.82) is 0 Å². The Kier molecular flexibility index (Phi) is 3.79. The SMILES string of the molecule is O=[N+]([O-])c1cc(Br)cc(F)c1SC(F)(F)F. The highest BCUT2D eigenvalue weighted by atomic mass is 79.9. The van der Waals surface area contributed by atoms with Gasteiger partial charge >= 0.3 is 5.51 Å². The molecule has 0 amide bonds. The van der Waals surface area contributed by atoms with Crippen molar-refractivity contribution in [1.82, 2.24) is 0 Å². The van der Waals surface area contributed by atoms with E-state index < -0.39 is 38.6 Å². The van der Waals surface area contributed by atoms with Crippen molar-refractivity contribution in [3.63, 3.8) is 0 Å². The number of nitro groups is 1. The number of alkyl halides is 3. The van der Waals surface area contributed by atoms with Gasteiger partial charge in [0, 0.05) is 10.5 Å². The fourth-order valence-corrected chi connectivity index (χ4v) is 1.94. The molecule has 0 unspecified atom stereocenters. The van der Waals surface area contributed by atoms with E-state index in [-0.39, 0.29) is 4.47 Å². The lowest BCUT2D eigenvalue weighted by Gasteiger charge is -2.07. The van der Waals surface area contributed by atoms with Crippen LogP contribution in [0.2, 0.25) is 0 Å². The van der Waals surface area contributed by atoms with Gasteiger partial charge < -0.3 is 0 Å². The van der Waals surface area contributed by atoms with Crippen LogP contribution in [0, 0.1) is 15.9 Å². The van der Waals surface area contributed by atoms with Gasteiger partial charge in [0.05, 0.1) is 4.92 Å². The number of benzene rings is 1. The third-order valence-electron chi connectivity index (χ3n) is 1.40. The largest absolute Gasteiger partial charge is 0.446 e. The topological polar surface area (TPSA) is 43.1 Å². The Morgan fingerprint density at radius 2 is 1.94 bits per heavy atom. The summed E-state index contributed by atoms with van der Waals surface area (Å²) in [6.07, 6.45) is 0. The van der Waals surface area contributed by atoms with Gasteiger partial charge in [0.25, 0.3) is 5.69 Å². The molecule has 0 N–H and O–H groups in total. The second kappa shape index (κ2) is 4.58. The van der Waals surface area contributed by atoms with E-state index in [1.54, 1.807) is 0 Å². The molecule has 0 fully saturated rings. The summed E-state index contributed by atoms with van der Waals surface area (Å²) in [7, 11) is 0. The number of hydrogen-bond acceptors (Lipinski definition) is 3. The molecule has 0 aliphatic rings. The van der Waals surface area contributed by atoms with Crippen LogP contribution >= 0.6 is 27.7 Å². The van der Waals surface area contributed by atoms with Crippen LogP contribution in [0.3, 0.4) is 0 Å². The Labute approximate surface area is 99.1 Å². The Balaban J connectivity index is 3.30. The molecule has 0 radical (unpaired) electrons. The Hall–Kier alpha value is -0.830. The molecule has 9 heteroatoms. The minimum absolute atomic E-state index is 0.00299. The van der Waals surface area contributed by atoms with E-state index in [1.165, 1.54) is 0 Å². The van der Waals surface area contributed by atoms with Gasteiger partial charge in [0.2, 0.25) is 0 Å². The van der Waals surface area contributed by atoms with Gasteiger partial charge in [0.1, 0.15) is 10.7 Å². The van der Waals surface area contributed by atoms with Crippen LogP contribution in [0.1, 0.15) is 0 Å². The van der Waals surface area contributed by atoms with Crippen LogP contribution in [0.4, 0.5) is 23.2 Å². The third-order valence-corrected chi connectivity index (χ3v) is 2.70. The second-order valence-electron chi connectivity index (χ2n) is 2.54. The predicted octanol–water partition coefficient (Wildman–Crippen LogP) is 4.11. The van der Waals surface area contributed by atoms with Gasteiger partial charge in [-0.1, -0.05) is 15.9 Å². The standard InChI is InChI=1S/C7H2BrF4NO2S/c8-3-1-4(9)6(16-7(10,11)12)5(2-3)13(14)15/h1-2H. The van der Waals surface area contributed by atoms with Gasteiger partial charge in [-0.05, 0) is 17.8 Å². The van der Waals surface area contributed by atoms with Gasteiger partial charge in [-0.25, -0.2) is 4.39 Å². The van der Waals surface area contributed by atoms with E-state index in [1.807, 2.05) is 0 Å². The summed E-state index contributed by atoms with van der Waals surface area (Å²) >= 11 is 1.91. The molecule has 0 aliphatic carbocycles. The fraction of sp³-hybridized carbons (Fsp3) is 0.143. The fourth-order valence-electron chi connectivity index (χ4n) is 0.899. The molecule has 0 heterocycles. The third kappa shape index (κ3) is 3.34. The number of nitro benzene ring substituents is 1. The maximum atomic E-state index is 13.1. The van der Waals surface area contributed by atoms with Crippen molar-refractivity contribution >= 4 is 33.4 Å². The van der Waals surface area contributed by atoms with Crippen LogP contribution < -0.4 is 0 Å². The summed E-state index contributed by atoms with van der Waals surface area (Å²) in [5, 5.41) is 10.4. The van der Waals surface area contributed by atoms with Crippen LogP contribution in [0.25, 0.3) is 0 Å². The molecular formula is C7H2BrF4NO2S. The summed E-state index contributed by atoms with van der Waals surface area (Å²) in [4.78, 5) is 8.34. The molecule has 3 nitrogen and oxygen atoms in total. The first-order valence-electron chi connectivity index (χ1n) is 3.60. The molecule has 0 spiro atoms.